The van der Waals surface area contributed by atoms with Gasteiger partial charge < -0.3 is 5.73 Å². The van der Waals surface area contributed by atoms with Gasteiger partial charge in [-0.05, 0) is 18.1 Å². The smallest absolute Gasteiger partial charge is 0.150 e. The van der Waals surface area contributed by atoms with Crippen molar-refractivity contribution >= 4 is 15.5 Å². The van der Waals surface area contributed by atoms with E-state index in [-0.39, 0.29) is 11.7 Å². The van der Waals surface area contributed by atoms with Crippen LogP contribution in [-0.4, -0.2) is 19.9 Å². The molecule has 0 amide bonds. The molecule has 4 heteroatoms. The summed E-state index contributed by atoms with van der Waals surface area (Å²) in [6, 6.07) is 7.50. The molecule has 3 nitrogen and oxygen atoms in total. The van der Waals surface area contributed by atoms with E-state index in [9.17, 15) is 8.42 Å². The summed E-state index contributed by atoms with van der Waals surface area (Å²) in [6.07, 6.45) is 0.705. The lowest BCUT2D eigenvalue weighted by molar-refractivity contribution is 0.601. The zero-order chi connectivity index (χ0) is 10.2. The average Bonchev–Trinajstić information content (AvgIpc) is 2.47. The van der Waals surface area contributed by atoms with Crippen LogP contribution in [0.25, 0.3) is 0 Å². The SMILES string of the molecule is Nc1ccccc1C1CCS(=O)(=O)C1. The molecule has 0 saturated carbocycles. The molecule has 1 aromatic carbocycles. The molecule has 1 atom stereocenters. The Morgan fingerprint density at radius 2 is 2.00 bits per heavy atom. The molecule has 14 heavy (non-hydrogen) atoms. The first kappa shape index (κ1) is 9.52. The summed E-state index contributed by atoms with van der Waals surface area (Å²) in [5.41, 5.74) is 7.48. The topological polar surface area (TPSA) is 60.2 Å². The Bertz CT molecular complexity index is 439. The first-order valence-corrected chi connectivity index (χ1v) is 6.45. The van der Waals surface area contributed by atoms with Gasteiger partial charge in [0.25, 0.3) is 0 Å². The van der Waals surface area contributed by atoms with E-state index in [2.05, 4.69) is 0 Å². The van der Waals surface area contributed by atoms with Crippen molar-refractivity contribution in [3.8, 4) is 0 Å². The fraction of sp³-hybridized carbons (Fsp3) is 0.400. The highest BCUT2D eigenvalue weighted by molar-refractivity contribution is 7.91. The lowest BCUT2D eigenvalue weighted by atomic mass is 9.97. The van der Waals surface area contributed by atoms with Crippen molar-refractivity contribution in [3.63, 3.8) is 0 Å². The Morgan fingerprint density at radius 1 is 1.29 bits per heavy atom. The van der Waals surface area contributed by atoms with Crippen LogP contribution in [0, 0.1) is 0 Å². The highest BCUT2D eigenvalue weighted by Gasteiger charge is 2.29. The third kappa shape index (κ3) is 1.75. The predicted octanol–water partition coefficient (Wildman–Crippen LogP) is 1.17. The third-order valence-corrected chi connectivity index (χ3v) is 4.44. The second-order valence-electron chi connectivity index (χ2n) is 3.73. The van der Waals surface area contributed by atoms with Crippen LogP contribution in [0.2, 0.25) is 0 Å². The molecule has 2 rings (SSSR count). The Morgan fingerprint density at radius 3 is 2.57 bits per heavy atom. The predicted molar refractivity (Wildman–Crippen MR) is 56.9 cm³/mol. The number of hydrogen-bond acceptors (Lipinski definition) is 3. The van der Waals surface area contributed by atoms with E-state index < -0.39 is 9.84 Å². The lowest BCUT2D eigenvalue weighted by Crippen LogP contribution is -2.05. The Labute approximate surface area is 83.9 Å². The van der Waals surface area contributed by atoms with Gasteiger partial charge in [-0.25, -0.2) is 8.42 Å². The average molecular weight is 211 g/mol. The molecule has 2 N–H and O–H groups in total. The van der Waals surface area contributed by atoms with Crippen molar-refractivity contribution in [2.45, 2.75) is 12.3 Å². The van der Waals surface area contributed by atoms with Gasteiger partial charge in [-0.2, -0.15) is 0 Å². The zero-order valence-corrected chi connectivity index (χ0v) is 8.63. The third-order valence-electron chi connectivity index (χ3n) is 2.67. The van der Waals surface area contributed by atoms with Crippen LogP contribution in [0.4, 0.5) is 5.69 Å². The fourth-order valence-electron chi connectivity index (χ4n) is 1.92. The molecule has 1 aromatic rings. The molecule has 1 fully saturated rings. The minimum Gasteiger partial charge on any atom is -0.398 e. The summed E-state index contributed by atoms with van der Waals surface area (Å²) in [6.45, 7) is 0. The van der Waals surface area contributed by atoms with Crippen LogP contribution in [0.1, 0.15) is 17.9 Å². The molecular weight excluding hydrogens is 198 g/mol. The van der Waals surface area contributed by atoms with Crippen molar-refractivity contribution in [2.24, 2.45) is 0 Å². The van der Waals surface area contributed by atoms with E-state index in [0.717, 1.165) is 5.56 Å². The number of nitrogen functional groups attached to an aromatic ring is 1. The largest absolute Gasteiger partial charge is 0.398 e. The number of sulfone groups is 1. The number of para-hydroxylation sites is 1. The molecule has 1 heterocycles. The van der Waals surface area contributed by atoms with Crippen LogP contribution in [-0.2, 0) is 9.84 Å². The summed E-state index contributed by atoms with van der Waals surface area (Å²) in [5.74, 6) is 0.647. The number of hydrogen-bond donors (Lipinski definition) is 1. The highest BCUT2D eigenvalue weighted by Crippen LogP contribution is 2.31. The maximum atomic E-state index is 11.3. The first-order valence-electron chi connectivity index (χ1n) is 4.63. The standard InChI is InChI=1S/C10H13NO2S/c11-10-4-2-1-3-9(10)8-5-6-14(12,13)7-8/h1-4,8H,5-7,11H2. The molecule has 0 radical (unpaired) electrons. The van der Waals surface area contributed by atoms with Crippen molar-refractivity contribution in [2.75, 3.05) is 17.2 Å². The number of nitrogens with two attached hydrogens (primary N) is 1. The molecule has 0 aromatic heterocycles. The Kier molecular flexibility index (Phi) is 2.23. The molecule has 76 valence electrons. The van der Waals surface area contributed by atoms with E-state index in [4.69, 9.17) is 5.73 Å². The molecule has 1 aliphatic heterocycles. The van der Waals surface area contributed by atoms with E-state index in [1.807, 2.05) is 24.3 Å². The van der Waals surface area contributed by atoms with Crippen LogP contribution < -0.4 is 5.73 Å². The maximum absolute atomic E-state index is 11.3. The number of anilines is 1. The van der Waals surface area contributed by atoms with Gasteiger partial charge in [0, 0.05) is 11.6 Å². The monoisotopic (exact) mass is 211 g/mol. The van der Waals surface area contributed by atoms with Gasteiger partial charge >= 0.3 is 0 Å². The molecule has 0 aliphatic carbocycles. The molecular formula is C10H13NO2S. The Balaban J connectivity index is 2.30. The molecule has 1 aliphatic rings. The minimum atomic E-state index is -2.82. The Hall–Kier alpha value is -1.03. The zero-order valence-electron chi connectivity index (χ0n) is 7.81. The summed E-state index contributed by atoms with van der Waals surface area (Å²) < 4.78 is 22.6. The number of benzene rings is 1. The first-order chi connectivity index (χ1) is 6.58. The van der Waals surface area contributed by atoms with Gasteiger partial charge in [0.05, 0.1) is 11.5 Å². The van der Waals surface area contributed by atoms with Crippen molar-refractivity contribution in [1.82, 2.24) is 0 Å². The molecule has 0 spiro atoms. The van der Waals surface area contributed by atoms with Crippen LogP contribution in [0.5, 0.6) is 0 Å². The van der Waals surface area contributed by atoms with Gasteiger partial charge in [-0.15, -0.1) is 0 Å². The van der Waals surface area contributed by atoms with E-state index in [1.54, 1.807) is 0 Å². The highest BCUT2D eigenvalue weighted by atomic mass is 32.2. The summed E-state index contributed by atoms with van der Waals surface area (Å²) in [7, 11) is -2.82. The second-order valence-corrected chi connectivity index (χ2v) is 5.96. The fourth-order valence-corrected chi connectivity index (χ4v) is 3.69. The summed E-state index contributed by atoms with van der Waals surface area (Å²) in [4.78, 5) is 0. The summed E-state index contributed by atoms with van der Waals surface area (Å²) >= 11 is 0. The molecule has 0 bridgehead atoms. The van der Waals surface area contributed by atoms with E-state index in [0.29, 0.717) is 17.9 Å². The van der Waals surface area contributed by atoms with E-state index >= 15 is 0 Å². The molecule has 1 unspecified atom stereocenters. The second kappa shape index (κ2) is 3.28. The molecule has 1 saturated heterocycles. The van der Waals surface area contributed by atoms with Gasteiger partial charge in [-0.1, -0.05) is 18.2 Å². The number of rotatable bonds is 1. The van der Waals surface area contributed by atoms with Crippen molar-refractivity contribution < 1.29 is 8.42 Å². The summed E-state index contributed by atoms with van der Waals surface area (Å²) in [5, 5.41) is 0. The maximum Gasteiger partial charge on any atom is 0.150 e. The lowest BCUT2D eigenvalue weighted by Gasteiger charge is -2.10. The van der Waals surface area contributed by atoms with Gasteiger partial charge in [0.2, 0.25) is 0 Å². The van der Waals surface area contributed by atoms with Crippen LogP contribution in [0.3, 0.4) is 0 Å². The van der Waals surface area contributed by atoms with Crippen LogP contribution >= 0.6 is 0 Å². The van der Waals surface area contributed by atoms with Crippen molar-refractivity contribution in [1.29, 1.82) is 0 Å². The normalized spacial score (nSPS) is 25.0. The van der Waals surface area contributed by atoms with Crippen LogP contribution in [0.15, 0.2) is 24.3 Å². The minimum absolute atomic E-state index is 0.0983. The van der Waals surface area contributed by atoms with Gasteiger partial charge in [-0.3, -0.25) is 0 Å². The van der Waals surface area contributed by atoms with E-state index in [1.165, 1.54) is 0 Å². The quantitative estimate of drug-likeness (QED) is 0.709. The van der Waals surface area contributed by atoms with Crippen molar-refractivity contribution in [3.05, 3.63) is 29.8 Å². The van der Waals surface area contributed by atoms with Gasteiger partial charge in [0.15, 0.2) is 9.84 Å². The van der Waals surface area contributed by atoms with Gasteiger partial charge in [0.1, 0.15) is 0 Å².